The van der Waals surface area contributed by atoms with Gasteiger partial charge in [0.15, 0.2) is 0 Å². The molecule has 3 heteroatoms. The fraction of sp³-hybridized carbons (Fsp3) is 0.750. The van der Waals surface area contributed by atoms with Crippen LogP contribution < -0.4 is 0 Å². The summed E-state index contributed by atoms with van der Waals surface area (Å²) in [5.41, 5.74) is 0.505. The molecular weight excluding hydrogens is 188 g/mol. The van der Waals surface area contributed by atoms with E-state index in [0.29, 0.717) is 5.92 Å². The fourth-order valence-corrected chi connectivity index (χ4v) is 3.01. The van der Waals surface area contributed by atoms with Crippen LogP contribution in [0.25, 0.3) is 0 Å². The van der Waals surface area contributed by atoms with Gasteiger partial charge in [-0.1, -0.05) is 20.8 Å². The monoisotopic (exact) mass is 208 g/mol. The maximum atomic E-state index is 10.7. The zero-order valence-corrected chi connectivity index (χ0v) is 9.99. The Bertz CT molecular complexity index is 369. The largest absolute Gasteiger partial charge is 0.385 e. The minimum Gasteiger partial charge on any atom is -0.385 e. The summed E-state index contributed by atoms with van der Waals surface area (Å²) < 4.78 is 1.76. The summed E-state index contributed by atoms with van der Waals surface area (Å²) in [6, 6.07) is 0. The third-order valence-corrected chi connectivity index (χ3v) is 3.63. The van der Waals surface area contributed by atoms with Crippen LogP contribution >= 0.6 is 0 Å². The minimum atomic E-state index is -0.683. The van der Waals surface area contributed by atoms with Gasteiger partial charge in [-0.3, -0.25) is 4.68 Å². The molecule has 0 saturated heterocycles. The molecule has 84 valence electrons. The third-order valence-electron chi connectivity index (χ3n) is 3.63. The maximum Gasteiger partial charge on any atom is 0.0957 e. The molecule has 1 heterocycles. The molecule has 0 radical (unpaired) electrons. The summed E-state index contributed by atoms with van der Waals surface area (Å²) in [4.78, 5) is 0. The van der Waals surface area contributed by atoms with Crippen LogP contribution in [0.5, 0.6) is 0 Å². The van der Waals surface area contributed by atoms with Crippen molar-refractivity contribution in [1.82, 2.24) is 9.78 Å². The van der Waals surface area contributed by atoms with Gasteiger partial charge in [0.05, 0.1) is 11.8 Å². The lowest BCUT2D eigenvalue weighted by molar-refractivity contribution is -0.000904. The lowest BCUT2D eigenvalue weighted by atomic mass is 9.85. The van der Waals surface area contributed by atoms with Gasteiger partial charge in [-0.05, 0) is 24.2 Å². The average molecular weight is 208 g/mol. The van der Waals surface area contributed by atoms with Crippen molar-refractivity contribution < 1.29 is 5.11 Å². The lowest BCUT2D eigenvalue weighted by Crippen LogP contribution is -2.28. The van der Waals surface area contributed by atoms with Gasteiger partial charge in [0.1, 0.15) is 0 Å². The fourth-order valence-electron chi connectivity index (χ4n) is 3.01. The summed E-state index contributed by atoms with van der Waals surface area (Å²) in [5.74, 6) is 0.302. The first-order valence-electron chi connectivity index (χ1n) is 5.55. The summed E-state index contributed by atoms with van der Waals surface area (Å²) in [5, 5.41) is 14.9. The molecule has 1 N–H and O–H groups in total. The first kappa shape index (κ1) is 10.7. The second-order valence-corrected chi connectivity index (χ2v) is 5.77. The van der Waals surface area contributed by atoms with E-state index in [1.165, 1.54) is 0 Å². The second-order valence-electron chi connectivity index (χ2n) is 5.77. The minimum absolute atomic E-state index is 0.226. The van der Waals surface area contributed by atoms with Gasteiger partial charge in [0, 0.05) is 18.8 Å². The van der Waals surface area contributed by atoms with E-state index in [0.717, 1.165) is 18.4 Å². The first-order valence-corrected chi connectivity index (χ1v) is 5.55. The number of aromatic nitrogens is 2. The van der Waals surface area contributed by atoms with E-state index in [1.54, 1.807) is 10.9 Å². The van der Waals surface area contributed by atoms with Gasteiger partial charge >= 0.3 is 0 Å². The van der Waals surface area contributed by atoms with Crippen molar-refractivity contribution in [1.29, 1.82) is 0 Å². The van der Waals surface area contributed by atoms with Gasteiger partial charge in [-0.2, -0.15) is 5.10 Å². The number of aryl methyl sites for hydroxylation is 1. The molecule has 15 heavy (non-hydrogen) atoms. The van der Waals surface area contributed by atoms with Crippen LogP contribution in [-0.4, -0.2) is 14.9 Å². The molecule has 0 bridgehead atoms. The molecule has 0 amide bonds. The van der Waals surface area contributed by atoms with Crippen molar-refractivity contribution in [2.45, 2.75) is 39.2 Å². The molecule has 0 aromatic carbocycles. The van der Waals surface area contributed by atoms with E-state index in [2.05, 4.69) is 25.9 Å². The Hall–Kier alpha value is -0.830. The molecule has 0 aliphatic heterocycles. The Kier molecular flexibility index (Phi) is 2.19. The number of rotatable bonds is 1. The van der Waals surface area contributed by atoms with Crippen LogP contribution in [0.1, 0.15) is 39.2 Å². The molecule has 2 rings (SSSR count). The van der Waals surface area contributed by atoms with E-state index in [1.807, 2.05) is 13.2 Å². The maximum absolute atomic E-state index is 10.7. The zero-order chi connectivity index (χ0) is 11.3. The highest BCUT2D eigenvalue weighted by Gasteiger charge is 2.48. The topological polar surface area (TPSA) is 38.1 Å². The predicted octanol–water partition coefficient (Wildman–Crippen LogP) is 2.06. The highest BCUT2D eigenvalue weighted by molar-refractivity contribution is 5.20. The van der Waals surface area contributed by atoms with Crippen LogP contribution in [0.15, 0.2) is 12.4 Å². The lowest BCUT2D eigenvalue weighted by Gasteiger charge is -2.27. The normalized spacial score (nSPS) is 34.6. The molecule has 1 aromatic heterocycles. The molecule has 1 saturated carbocycles. The Labute approximate surface area is 91.1 Å². The van der Waals surface area contributed by atoms with Crippen molar-refractivity contribution in [3.8, 4) is 0 Å². The van der Waals surface area contributed by atoms with E-state index >= 15 is 0 Å². The Morgan fingerprint density at radius 2 is 2.20 bits per heavy atom. The highest BCUT2D eigenvalue weighted by Crippen LogP contribution is 2.52. The van der Waals surface area contributed by atoms with Gasteiger partial charge < -0.3 is 5.11 Å². The number of hydrogen-bond donors (Lipinski definition) is 1. The molecule has 3 nitrogen and oxygen atoms in total. The van der Waals surface area contributed by atoms with Crippen LogP contribution in [0, 0.1) is 11.3 Å². The van der Waals surface area contributed by atoms with Gasteiger partial charge in [-0.15, -0.1) is 0 Å². The second kappa shape index (κ2) is 3.08. The molecular formula is C12H20N2O. The summed E-state index contributed by atoms with van der Waals surface area (Å²) in [6.45, 7) is 6.57. The molecule has 1 fully saturated rings. The summed E-state index contributed by atoms with van der Waals surface area (Å²) >= 11 is 0. The van der Waals surface area contributed by atoms with E-state index in [-0.39, 0.29) is 5.41 Å². The molecule has 1 aliphatic carbocycles. The van der Waals surface area contributed by atoms with Gasteiger partial charge in [-0.25, -0.2) is 0 Å². The predicted molar refractivity (Wildman–Crippen MR) is 59.3 cm³/mol. The van der Waals surface area contributed by atoms with Gasteiger partial charge in [0.2, 0.25) is 0 Å². The summed E-state index contributed by atoms with van der Waals surface area (Å²) in [6.07, 6.45) is 5.61. The Morgan fingerprint density at radius 1 is 1.53 bits per heavy atom. The van der Waals surface area contributed by atoms with E-state index < -0.39 is 5.60 Å². The molecule has 2 atom stereocenters. The average Bonchev–Trinajstić information content (AvgIpc) is 2.56. The van der Waals surface area contributed by atoms with Crippen molar-refractivity contribution >= 4 is 0 Å². The molecule has 0 spiro atoms. The standard InChI is InChI=1S/C12H20N2O/c1-9-5-11(2,3)8-12(9,15)10-6-13-14(4)7-10/h6-7,9,15H,5,8H2,1-4H3. The van der Waals surface area contributed by atoms with Crippen LogP contribution in [0.3, 0.4) is 0 Å². The SMILES string of the molecule is CC1CC(C)(C)CC1(O)c1cnn(C)c1. The Balaban J connectivity index is 2.35. The zero-order valence-electron chi connectivity index (χ0n) is 9.99. The Morgan fingerprint density at radius 3 is 2.60 bits per heavy atom. The van der Waals surface area contributed by atoms with Crippen molar-refractivity contribution in [3.63, 3.8) is 0 Å². The van der Waals surface area contributed by atoms with Gasteiger partial charge in [0.25, 0.3) is 0 Å². The highest BCUT2D eigenvalue weighted by atomic mass is 16.3. The first-order chi connectivity index (χ1) is 6.83. The third kappa shape index (κ3) is 1.69. The van der Waals surface area contributed by atoms with Crippen LogP contribution in [0.4, 0.5) is 0 Å². The molecule has 1 aromatic rings. The van der Waals surface area contributed by atoms with Crippen molar-refractivity contribution in [3.05, 3.63) is 18.0 Å². The van der Waals surface area contributed by atoms with Crippen LogP contribution in [0.2, 0.25) is 0 Å². The number of hydrogen-bond acceptors (Lipinski definition) is 2. The van der Waals surface area contributed by atoms with Crippen LogP contribution in [-0.2, 0) is 12.6 Å². The number of nitrogens with zero attached hydrogens (tertiary/aromatic N) is 2. The quantitative estimate of drug-likeness (QED) is 0.767. The molecule has 2 unspecified atom stereocenters. The van der Waals surface area contributed by atoms with Crippen molar-refractivity contribution in [2.24, 2.45) is 18.4 Å². The van der Waals surface area contributed by atoms with Crippen molar-refractivity contribution in [2.75, 3.05) is 0 Å². The smallest absolute Gasteiger partial charge is 0.0957 e. The van der Waals surface area contributed by atoms with E-state index in [9.17, 15) is 5.11 Å². The number of aliphatic hydroxyl groups is 1. The molecule has 1 aliphatic rings. The van der Waals surface area contributed by atoms with E-state index in [4.69, 9.17) is 0 Å². The summed E-state index contributed by atoms with van der Waals surface area (Å²) in [7, 11) is 1.89.